The highest BCUT2D eigenvalue weighted by Gasteiger charge is 2.21. The maximum Gasteiger partial charge on any atom is 0.0488 e. The van der Waals surface area contributed by atoms with Gasteiger partial charge in [-0.15, -0.1) is 0 Å². The molecule has 0 spiro atoms. The normalized spacial score (nSPS) is 25.8. The first-order valence-corrected chi connectivity index (χ1v) is 4.97. The zero-order valence-electron chi connectivity index (χ0n) is 7.79. The number of H-pyrrole nitrogens is 1. The molecule has 4 N–H and O–H groups in total. The summed E-state index contributed by atoms with van der Waals surface area (Å²) in [5.74, 6) is 0.590. The molecule has 1 aliphatic heterocycles. The van der Waals surface area contributed by atoms with Crippen LogP contribution in [0.5, 0.6) is 0 Å². The Morgan fingerprint density at radius 3 is 3.08 bits per heavy atom. The van der Waals surface area contributed by atoms with Crippen LogP contribution in [0.2, 0.25) is 0 Å². The van der Waals surface area contributed by atoms with Gasteiger partial charge >= 0.3 is 0 Å². The van der Waals surface area contributed by atoms with Gasteiger partial charge in [0.2, 0.25) is 0 Å². The predicted octanol–water partition coefficient (Wildman–Crippen LogP) is 1.01. The van der Waals surface area contributed by atoms with E-state index in [9.17, 15) is 0 Å². The van der Waals surface area contributed by atoms with Crippen LogP contribution in [0.1, 0.15) is 24.6 Å². The molecule has 0 amide bonds. The Morgan fingerprint density at radius 1 is 1.54 bits per heavy atom. The zero-order valence-corrected chi connectivity index (χ0v) is 7.79. The first kappa shape index (κ1) is 8.78. The molecule has 2 rings (SSSR count). The van der Waals surface area contributed by atoms with Gasteiger partial charge in [-0.1, -0.05) is 0 Å². The van der Waals surface area contributed by atoms with Crippen molar-refractivity contribution in [3.05, 3.63) is 24.0 Å². The molecule has 0 aromatic carbocycles. The molecule has 1 aliphatic rings. The summed E-state index contributed by atoms with van der Waals surface area (Å²) >= 11 is 0. The molecule has 3 nitrogen and oxygen atoms in total. The molecule has 2 unspecified atom stereocenters. The summed E-state index contributed by atoms with van der Waals surface area (Å²) < 4.78 is 0. The largest absolute Gasteiger partial charge is 0.364 e. The summed E-state index contributed by atoms with van der Waals surface area (Å²) in [6, 6.07) is 4.24. The van der Waals surface area contributed by atoms with E-state index in [0.29, 0.717) is 5.92 Å². The lowest BCUT2D eigenvalue weighted by Gasteiger charge is -2.27. The van der Waals surface area contributed by atoms with Gasteiger partial charge in [0.15, 0.2) is 0 Å². The fourth-order valence-corrected chi connectivity index (χ4v) is 1.99. The maximum absolute atomic E-state index is 6.14. The smallest absolute Gasteiger partial charge is 0.0488 e. The molecule has 3 heteroatoms. The second kappa shape index (κ2) is 3.94. The highest BCUT2D eigenvalue weighted by molar-refractivity contribution is 5.10. The van der Waals surface area contributed by atoms with Crippen LogP contribution >= 0.6 is 0 Å². The Hall–Kier alpha value is -0.800. The van der Waals surface area contributed by atoms with E-state index < -0.39 is 0 Å². The Balaban J connectivity index is 1.99. The van der Waals surface area contributed by atoms with Gasteiger partial charge in [-0.3, -0.25) is 0 Å². The summed E-state index contributed by atoms with van der Waals surface area (Å²) in [6.45, 7) is 2.20. The van der Waals surface area contributed by atoms with Crippen LogP contribution in [0.3, 0.4) is 0 Å². The van der Waals surface area contributed by atoms with Crippen molar-refractivity contribution in [2.24, 2.45) is 11.7 Å². The van der Waals surface area contributed by atoms with Crippen molar-refractivity contribution < 1.29 is 0 Å². The van der Waals surface area contributed by atoms with Crippen molar-refractivity contribution in [1.82, 2.24) is 10.3 Å². The first-order chi connectivity index (χ1) is 6.38. The van der Waals surface area contributed by atoms with E-state index in [1.807, 2.05) is 12.3 Å². The lowest BCUT2D eigenvalue weighted by atomic mass is 9.90. The van der Waals surface area contributed by atoms with Gasteiger partial charge in [0.05, 0.1) is 0 Å². The third kappa shape index (κ3) is 1.92. The molecule has 1 saturated heterocycles. The van der Waals surface area contributed by atoms with E-state index in [0.717, 1.165) is 18.8 Å². The SMILES string of the molecule is NC(c1ccc[nH]1)C1CCCNC1. The Labute approximate surface area is 78.7 Å². The van der Waals surface area contributed by atoms with Crippen LogP contribution in [-0.2, 0) is 0 Å². The summed E-state index contributed by atoms with van der Waals surface area (Å²) in [4.78, 5) is 3.18. The van der Waals surface area contributed by atoms with Crippen LogP contribution < -0.4 is 11.1 Å². The third-order valence-corrected chi connectivity index (χ3v) is 2.82. The molecule has 0 saturated carbocycles. The van der Waals surface area contributed by atoms with Gasteiger partial charge in [0.25, 0.3) is 0 Å². The number of aromatic amines is 1. The molecule has 0 aliphatic carbocycles. The van der Waals surface area contributed by atoms with Crippen LogP contribution in [0.15, 0.2) is 18.3 Å². The third-order valence-electron chi connectivity index (χ3n) is 2.82. The van der Waals surface area contributed by atoms with Crippen molar-refractivity contribution in [1.29, 1.82) is 0 Å². The van der Waals surface area contributed by atoms with E-state index in [2.05, 4.69) is 16.4 Å². The second-order valence-electron chi connectivity index (χ2n) is 3.76. The molecular formula is C10H17N3. The minimum Gasteiger partial charge on any atom is -0.364 e. The monoisotopic (exact) mass is 179 g/mol. The zero-order chi connectivity index (χ0) is 9.10. The van der Waals surface area contributed by atoms with E-state index in [-0.39, 0.29) is 6.04 Å². The molecule has 0 bridgehead atoms. The molecule has 0 radical (unpaired) electrons. The second-order valence-corrected chi connectivity index (χ2v) is 3.76. The van der Waals surface area contributed by atoms with Gasteiger partial charge in [0.1, 0.15) is 0 Å². The molecule has 2 heterocycles. The number of rotatable bonds is 2. The van der Waals surface area contributed by atoms with Crippen molar-refractivity contribution in [3.63, 3.8) is 0 Å². The Morgan fingerprint density at radius 2 is 2.46 bits per heavy atom. The average Bonchev–Trinajstić information content (AvgIpc) is 2.71. The molecular weight excluding hydrogens is 162 g/mol. The summed E-state index contributed by atoms with van der Waals surface area (Å²) in [6.07, 6.45) is 4.43. The average molecular weight is 179 g/mol. The molecule has 13 heavy (non-hydrogen) atoms. The van der Waals surface area contributed by atoms with E-state index >= 15 is 0 Å². The number of hydrogen-bond acceptors (Lipinski definition) is 2. The van der Waals surface area contributed by atoms with E-state index in [1.54, 1.807) is 0 Å². The van der Waals surface area contributed by atoms with Crippen molar-refractivity contribution in [2.75, 3.05) is 13.1 Å². The molecule has 2 atom stereocenters. The number of nitrogens with one attached hydrogen (secondary N) is 2. The Kier molecular flexibility index (Phi) is 2.66. The van der Waals surface area contributed by atoms with Crippen LogP contribution in [0, 0.1) is 5.92 Å². The fourth-order valence-electron chi connectivity index (χ4n) is 1.99. The lowest BCUT2D eigenvalue weighted by molar-refractivity contribution is 0.323. The molecule has 1 aromatic heterocycles. The summed E-state index contributed by atoms with van der Waals surface area (Å²) in [5.41, 5.74) is 7.30. The van der Waals surface area contributed by atoms with Gasteiger partial charge in [0, 0.05) is 17.9 Å². The number of nitrogens with two attached hydrogens (primary N) is 1. The van der Waals surface area contributed by atoms with Crippen molar-refractivity contribution >= 4 is 0 Å². The number of piperidine rings is 1. The Bertz CT molecular complexity index is 237. The minimum atomic E-state index is 0.169. The highest BCUT2D eigenvalue weighted by Crippen LogP contribution is 2.23. The van der Waals surface area contributed by atoms with Gasteiger partial charge in [-0.2, -0.15) is 0 Å². The fraction of sp³-hybridized carbons (Fsp3) is 0.600. The quantitative estimate of drug-likeness (QED) is 0.634. The number of aromatic nitrogens is 1. The van der Waals surface area contributed by atoms with Gasteiger partial charge < -0.3 is 16.0 Å². The minimum absolute atomic E-state index is 0.169. The number of hydrogen-bond donors (Lipinski definition) is 3. The van der Waals surface area contributed by atoms with Gasteiger partial charge in [-0.05, 0) is 44.0 Å². The molecule has 1 fully saturated rings. The van der Waals surface area contributed by atoms with Crippen LogP contribution in [-0.4, -0.2) is 18.1 Å². The topological polar surface area (TPSA) is 53.8 Å². The van der Waals surface area contributed by atoms with E-state index in [4.69, 9.17) is 5.73 Å². The van der Waals surface area contributed by atoms with Crippen LogP contribution in [0.25, 0.3) is 0 Å². The molecule has 72 valence electrons. The van der Waals surface area contributed by atoms with Gasteiger partial charge in [-0.25, -0.2) is 0 Å². The van der Waals surface area contributed by atoms with Crippen molar-refractivity contribution in [2.45, 2.75) is 18.9 Å². The summed E-state index contributed by atoms with van der Waals surface area (Å²) in [7, 11) is 0. The molecule has 1 aromatic rings. The first-order valence-electron chi connectivity index (χ1n) is 4.97. The maximum atomic E-state index is 6.14. The standard InChI is InChI=1S/C10H17N3/c11-10(9-4-2-6-13-9)8-3-1-5-12-7-8/h2,4,6,8,10,12-13H,1,3,5,7,11H2. The summed E-state index contributed by atoms with van der Waals surface area (Å²) in [5, 5.41) is 3.38. The highest BCUT2D eigenvalue weighted by atomic mass is 14.9. The van der Waals surface area contributed by atoms with Crippen LogP contribution in [0.4, 0.5) is 0 Å². The lowest BCUT2D eigenvalue weighted by Crippen LogP contribution is -2.36. The van der Waals surface area contributed by atoms with Crippen molar-refractivity contribution in [3.8, 4) is 0 Å². The predicted molar refractivity (Wildman–Crippen MR) is 53.3 cm³/mol. The van der Waals surface area contributed by atoms with E-state index in [1.165, 1.54) is 12.8 Å².